The van der Waals surface area contributed by atoms with Crippen molar-refractivity contribution in [3.8, 4) is 5.75 Å². The van der Waals surface area contributed by atoms with Crippen LogP contribution in [0.1, 0.15) is 10.4 Å². The average molecular weight is 360 g/mol. The number of nitrogens with one attached hydrogen (secondary N) is 1. The van der Waals surface area contributed by atoms with Gasteiger partial charge in [0.1, 0.15) is 0 Å². The quantitative estimate of drug-likeness (QED) is 0.856. The van der Waals surface area contributed by atoms with Gasteiger partial charge in [0.05, 0.1) is 22.6 Å². The second-order valence-corrected chi connectivity index (χ2v) is 6.49. The van der Waals surface area contributed by atoms with Gasteiger partial charge in [0, 0.05) is 5.69 Å². The van der Waals surface area contributed by atoms with Gasteiger partial charge in [0.15, 0.2) is 11.6 Å². The normalized spacial score (nSPS) is 11.1. The molecule has 2 aromatic carbocycles. The molecule has 2 N–H and O–H groups in total. The van der Waals surface area contributed by atoms with Crippen molar-refractivity contribution in [2.45, 2.75) is 4.90 Å². The second kappa shape index (κ2) is 6.43. The second-order valence-electron chi connectivity index (χ2n) is 4.40. The fourth-order valence-electron chi connectivity index (χ4n) is 1.78. The Labute approximate surface area is 136 Å². The van der Waals surface area contributed by atoms with E-state index >= 15 is 0 Å². The minimum absolute atomic E-state index is 0.0111. The van der Waals surface area contributed by atoms with Crippen LogP contribution in [0.15, 0.2) is 41.3 Å². The Kier molecular flexibility index (Phi) is 4.76. The van der Waals surface area contributed by atoms with E-state index in [-0.39, 0.29) is 26.9 Å². The number of carboxylic acids is 1. The molecule has 0 unspecified atom stereocenters. The van der Waals surface area contributed by atoms with Crippen LogP contribution in [-0.2, 0) is 10.0 Å². The van der Waals surface area contributed by atoms with E-state index in [9.17, 15) is 17.6 Å². The molecule has 2 rings (SSSR count). The van der Waals surface area contributed by atoms with Gasteiger partial charge in [-0.2, -0.15) is 0 Å². The zero-order valence-electron chi connectivity index (χ0n) is 11.7. The summed E-state index contributed by atoms with van der Waals surface area (Å²) in [6.07, 6.45) is 0. The molecule has 0 aliphatic heterocycles. The van der Waals surface area contributed by atoms with E-state index in [1.165, 1.54) is 25.3 Å². The molecule has 23 heavy (non-hydrogen) atoms. The van der Waals surface area contributed by atoms with Crippen LogP contribution in [0.25, 0.3) is 0 Å². The molecular formula is C14H11ClFNO5S. The predicted molar refractivity (Wildman–Crippen MR) is 82.2 cm³/mol. The Hall–Kier alpha value is -2.32. The fraction of sp³-hybridized carbons (Fsp3) is 0.0714. The maximum absolute atomic E-state index is 13.6. The van der Waals surface area contributed by atoms with Crippen LogP contribution < -0.4 is 9.46 Å². The van der Waals surface area contributed by atoms with Gasteiger partial charge >= 0.3 is 5.97 Å². The molecule has 0 bridgehead atoms. The molecule has 9 heteroatoms. The molecule has 0 aliphatic carbocycles. The lowest BCUT2D eigenvalue weighted by atomic mass is 10.2. The number of carbonyl (C=O) groups is 1. The van der Waals surface area contributed by atoms with Crippen LogP contribution in [0, 0.1) is 5.82 Å². The zero-order valence-corrected chi connectivity index (χ0v) is 13.3. The Balaban J connectivity index is 2.37. The van der Waals surface area contributed by atoms with Gasteiger partial charge in [0.2, 0.25) is 0 Å². The highest BCUT2D eigenvalue weighted by Crippen LogP contribution is 2.25. The number of hydrogen-bond donors (Lipinski definition) is 2. The van der Waals surface area contributed by atoms with Gasteiger partial charge in [-0.15, -0.1) is 0 Å². The third kappa shape index (κ3) is 3.72. The topological polar surface area (TPSA) is 92.7 Å². The SMILES string of the molecule is COc1ccc(S(=O)(=O)Nc2ccc(Cl)c(C(=O)O)c2)cc1F. The van der Waals surface area contributed by atoms with E-state index in [1.54, 1.807) is 0 Å². The number of rotatable bonds is 5. The molecule has 2 aromatic rings. The van der Waals surface area contributed by atoms with Crippen LogP contribution in [0.5, 0.6) is 5.75 Å². The Morgan fingerprint density at radius 1 is 1.26 bits per heavy atom. The molecule has 0 aromatic heterocycles. The summed E-state index contributed by atoms with van der Waals surface area (Å²) in [6.45, 7) is 0. The Morgan fingerprint density at radius 2 is 1.96 bits per heavy atom. The van der Waals surface area contributed by atoms with E-state index in [2.05, 4.69) is 4.72 Å². The lowest BCUT2D eigenvalue weighted by molar-refractivity contribution is 0.0697. The first-order valence-electron chi connectivity index (χ1n) is 6.14. The Morgan fingerprint density at radius 3 is 2.52 bits per heavy atom. The van der Waals surface area contributed by atoms with E-state index in [4.69, 9.17) is 21.4 Å². The summed E-state index contributed by atoms with van der Waals surface area (Å²) in [5.74, 6) is -2.23. The summed E-state index contributed by atoms with van der Waals surface area (Å²) < 4.78 is 45.0. The molecule has 0 heterocycles. The molecule has 0 radical (unpaired) electrons. The van der Waals surface area contributed by atoms with Crippen molar-refractivity contribution in [3.63, 3.8) is 0 Å². The van der Waals surface area contributed by atoms with Crippen LogP contribution in [0.2, 0.25) is 5.02 Å². The number of ether oxygens (including phenoxy) is 1. The van der Waals surface area contributed by atoms with Gasteiger partial charge in [-0.1, -0.05) is 11.6 Å². The van der Waals surface area contributed by atoms with Gasteiger partial charge in [-0.05, 0) is 36.4 Å². The van der Waals surface area contributed by atoms with E-state index < -0.39 is 21.8 Å². The van der Waals surface area contributed by atoms with Crippen molar-refractivity contribution in [2.75, 3.05) is 11.8 Å². The monoisotopic (exact) mass is 359 g/mol. The lowest BCUT2D eigenvalue weighted by Crippen LogP contribution is -2.14. The van der Waals surface area contributed by atoms with Crippen molar-refractivity contribution in [2.24, 2.45) is 0 Å². The van der Waals surface area contributed by atoms with Gasteiger partial charge < -0.3 is 9.84 Å². The van der Waals surface area contributed by atoms with E-state index in [0.717, 1.165) is 18.2 Å². The number of sulfonamides is 1. The number of hydrogen-bond acceptors (Lipinski definition) is 4. The van der Waals surface area contributed by atoms with E-state index in [1.807, 2.05) is 0 Å². The smallest absolute Gasteiger partial charge is 0.337 e. The number of benzene rings is 2. The van der Waals surface area contributed by atoms with Crippen LogP contribution in [0.3, 0.4) is 0 Å². The minimum atomic E-state index is -4.10. The molecule has 0 spiro atoms. The largest absolute Gasteiger partial charge is 0.494 e. The summed E-state index contributed by atoms with van der Waals surface area (Å²) in [5, 5.41) is 8.94. The number of halogens is 2. The van der Waals surface area contributed by atoms with Crippen molar-refractivity contribution < 1.29 is 27.4 Å². The minimum Gasteiger partial charge on any atom is -0.494 e. The first-order chi connectivity index (χ1) is 10.7. The van der Waals surface area contributed by atoms with Crippen molar-refractivity contribution in [1.29, 1.82) is 0 Å². The molecule has 6 nitrogen and oxygen atoms in total. The van der Waals surface area contributed by atoms with Crippen LogP contribution in [-0.4, -0.2) is 26.6 Å². The maximum Gasteiger partial charge on any atom is 0.337 e. The molecule has 0 amide bonds. The summed E-state index contributed by atoms with van der Waals surface area (Å²) in [7, 11) is -2.84. The highest BCUT2D eigenvalue weighted by Gasteiger charge is 2.18. The first kappa shape index (κ1) is 17.0. The van der Waals surface area contributed by atoms with Crippen LogP contribution >= 0.6 is 11.6 Å². The number of methoxy groups -OCH3 is 1. The van der Waals surface area contributed by atoms with Gasteiger partial charge in [-0.3, -0.25) is 4.72 Å². The average Bonchev–Trinajstić information content (AvgIpc) is 2.48. The molecule has 122 valence electrons. The third-order valence-electron chi connectivity index (χ3n) is 2.88. The van der Waals surface area contributed by atoms with Gasteiger partial charge in [0.25, 0.3) is 10.0 Å². The van der Waals surface area contributed by atoms with Crippen molar-refractivity contribution >= 4 is 33.3 Å². The van der Waals surface area contributed by atoms with E-state index in [0.29, 0.717) is 0 Å². The summed E-state index contributed by atoms with van der Waals surface area (Å²) in [5.41, 5.74) is -0.268. The van der Waals surface area contributed by atoms with Gasteiger partial charge in [-0.25, -0.2) is 17.6 Å². The number of anilines is 1. The summed E-state index contributed by atoms with van der Waals surface area (Å²) >= 11 is 5.71. The maximum atomic E-state index is 13.6. The molecule has 0 atom stereocenters. The highest BCUT2D eigenvalue weighted by atomic mass is 35.5. The van der Waals surface area contributed by atoms with Crippen molar-refractivity contribution in [3.05, 3.63) is 52.8 Å². The predicted octanol–water partition coefficient (Wildman–Crippen LogP) is 2.99. The highest BCUT2D eigenvalue weighted by molar-refractivity contribution is 7.92. The zero-order chi connectivity index (χ0) is 17.2. The fourth-order valence-corrected chi connectivity index (χ4v) is 3.04. The molecular weight excluding hydrogens is 349 g/mol. The van der Waals surface area contributed by atoms with Crippen LogP contribution in [0.4, 0.5) is 10.1 Å². The lowest BCUT2D eigenvalue weighted by Gasteiger charge is -2.10. The first-order valence-corrected chi connectivity index (χ1v) is 8.00. The Bertz CT molecular complexity index is 869. The molecule has 0 fully saturated rings. The summed E-state index contributed by atoms with van der Waals surface area (Å²) in [6, 6.07) is 6.76. The number of carboxylic acid groups (broad SMARTS) is 1. The summed E-state index contributed by atoms with van der Waals surface area (Å²) in [4.78, 5) is 10.7. The van der Waals surface area contributed by atoms with Crippen molar-refractivity contribution in [1.82, 2.24) is 0 Å². The molecule has 0 saturated carbocycles. The molecule has 0 saturated heterocycles. The third-order valence-corrected chi connectivity index (χ3v) is 4.59. The molecule has 0 aliphatic rings. The standard InChI is InChI=1S/C14H11ClFNO5S/c1-22-13-5-3-9(7-12(13)16)23(20,21)17-8-2-4-11(15)10(6-8)14(18)19/h2-7,17H,1H3,(H,18,19). The number of aromatic carboxylic acids is 1.